The van der Waals surface area contributed by atoms with Gasteiger partial charge in [-0.3, -0.25) is 20.0 Å². The van der Waals surface area contributed by atoms with E-state index in [2.05, 4.69) is 14.9 Å². The zero-order valence-corrected chi connectivity index (χ0v) is 28.5. The van der Waals surface area contributed by atoms with Crippen LogP contribution in [0.5, 0.6) is 0 Å². The topological polar surface area (TPSA) is 156 Å². The molecule has 2 amide bonds. The van der Waals surface area contributed by atoms with Crippen molar-refractivity contribution in [3.05, 3.63) is 161 Å². The number of amides is 2. The minimum Gasteiger partial charge on any atom is -0.384 e. The van der Waals surface area contributed by atoms with E-state index in [0.29, 0.717) is 62.3 Å². The molecule has 0 unspecified atom stereocenters. The number of rotatable bonds is 15. The Hall–Kier alpha value is -6.13. The molecule has 0 fully saturated rings. The molecule has 0 radical (unpaired) electrons. The van der Waals surface area contributed by atoms with Crippen LogP contribution in [0.25, 0.3) is 11.0 Å². The quantitative estimate of drug-likeness (QED) is 0.0634. The number of anilines is 1. The number of nitrogens with one attached hydrogen (secondary N) is 2. The monoisotopic (exact) mass is 678 g/mol. The van der Waals surface area contributed by atoms with Crippen molar-refractivity contribution in [2.45, 2.75) is 45.3 Å². The fraction of sp³-hybridized carbons (Fsp3) is 0.195. The number of nitrogens with zero attached hydrogens (tertiary/aromatic N) is 4. The molecule has 0 bridgehead atoms. The molecule has 0 saturated heterocycles. The minimum absolute atomic E-state index is 0.0115. The van der Waals surface area contributed by atoms with Gasteiger partial charge in [0.05, 0.1) is 35.9 Å². The van der Waals surface area contributed by atoms with Crippen LogP contribution in [0.1, 0.15) is 50.4 Å². The number of nitrogens with two attached hydrogens (primary N) is 2. The maximum atomic E-state index is 14.2. The zero-order chi connectivity index (χ0) is 35.6. The number of hydrogen-bond donors (Lipinski definition) is 4. The largest absolute Gasteiger partial charge is 0.384 e. The second-order valence-electron chi connectivity index (χ2n) is 12.5. The SMILES string of the molecule is N=C(N)c1ccc(CCc2nc3cc(C(=O)N(Cc4ccc(CN)cc4)c4cccnc4)ccc3n2CCCNC(=O)Cc2ccccc2)cc1. The van der Waals surface area contributed by atoms with Gasteiger partial charge in [0, 0.05) is 43.4 Å². The van der Waals surface area contributed by atoms with Gasteiger partial charge in [0.15, 0.2) is 0 Å². The number of amidine groups is 1. The highest BCUT2D eigenvalue weighted by molar-refractivity contribution is 6.07. The molecule has 2 aromatic heterocycles. The van der Waals surface area contributed by atoms with Gasteiger partial charge in [0.2, 0.25) is 5.91 Å². The third-order valence-corrected chi connectivity index (χ3v) is 8.87. The predicted octanol–water partition coefficient (Wildman–Crippen LogP) is 5.56. The lowest BCUT2D eigenvalue weighted by Gasteiger charge is -2.23. The molecule has 6 N–H and O–H groups in total. The molecule has 0 atom stereocenters. The van der Waals surface area contributed by atoms with Crippen molar-refractivity contribution in [3.63, 3.8) is 0 Å². The maximum Gasteiger partial charge on any atom is 0.258 e. The Morgan fingerprint density at radius 1 is 0.804 bits per heavy atom. The molecular formula is C41H42N8O2. The fourth-order valence-corrected chi connectivity index (χ4v) is 6.08. The Kier molecular flexibility index (Phi) is 11.2. The van der Waals surface area contributed by atoms with Gasteiger partial charge in [-0.2, -0.15) is 0 Å². The van der Waals surface area contributed by atoms with Crippen LogP contribution < -0.4 is 21.7 Å². The number of aryl methyl sites for hydroxylation is 3. The maximum absolute atomic E-state index is 14.2. The van der Waals surface area contributed by atoms with Crippen LogP contribution in [0, 0.1) is 5.41 Å². The summed E-state index contributed by atoms with van der Waals surface area (Å²) in [5, 5.41) is 10.7. The molecule has 6 rings (SSSR count). The van der Waals surface area contributed by atoms with E-state index in [0.717, 1.165) is 45.5 Å². The van der Waals surface area contributed by atoms with Crippen molar-refractivity contribution < 1.29 is 9.59 Å². The van der Waals surface area contributed by atoms with Crippen LogP contribution in [0.2, 0.25) is 0 Å². The lowest BCUT2D eigenvalue weighted by molar-refractivity contribution is -0.120. The van der Waals surface area contributed by atoms with E-state index in [1.54, 1.807) is 17.3 Å². The predicted molar refractivity (Wildman–Crippen MR) is 201 cm³/mol. The molecule has 51 heavy (non-hydrogen) atoms. The highest BCUT2D eigenvalue weighted by atomic mass is 16.2. The lowest BCUT2D eigenvalue weighted by Crippen LogP contribution is -2.30. The molecule has 2 heterocycles. The molecule has 258 valence electrons. The number of pyridine rings is 1. The van der Waals surface area contributed by atoms with Gasteiger partial charge >= 0.3 is 0 Å². The number of imidazole rings is 1. The molecule has 6 aromatic rings. The molecule has 0 aliphatic heterocycles. The number of carbonyl (C=O) groups is 2. The first kappa shape index (κ1) is 34.7. The van der Waals surface area contributed by atoms with Crippen LogP contribution in [0.15, 0.2) is 122 Å². The summed E-state index contributed by atoms with van der Waals surface area (Å²) in [4.78, 5) is 37.8. The van der Waals surface area contributed by atoms with E-state index in [1.807, 2.05) is 109 Å². The van der Waals surface area contributed by atoms with Gasteiger partial charge in [-0.15, -0.1) is 0 Å². The summed E-state index contributed by atoms with van der Waals surface area (Å²) in [7, 11) is 0. The first-order chi connectivity index (χ1) is 24.9. The number of nitrogen functional groups attached to an aromatic ring is 1. The first-order valence-corrected chi connectivity index (χ1v) is 17.1. The molecule has 0 aliphatic rings. The van der Waals surface area contributed by atoms with Crippen LogP contribution in [-0.4, -0.2) is 38.7 Å². The number of carbonyl (C=O) groups excluding carboxylic acids is 2. The Balaban J connectivity index is 1.23. The van der Waals surface area contributed by atoms with Crippen LogP contribution >= 0.6 is 0 Å². The van der Waals surface area contributed by atoms with Gasteiger partial charge in [-0.25, -0.2) is 4.98 Å². The number of hydrogen-bond acceptors (Lipinski definition) is 6. The van der Waals surface area contributed by atoms with Crippen molar-refractivity contribution in [2.75, 3.05) is 11.4 Å². The van der Waals surface area contributed by atoms with Crippen LogP contribution in [0.4, 0.5) is 5.69 Å². The van der Waals surface area contributed by atoms with Crippen molar-refractivity contribution in [3.8, 4) is 0 Å². The van der Waals surface area contributed by atoms with Crippen molar-refractivity contribution in [2.24, 2.45) is 11.5 Å². The van der Waals surface area contributed by atoms with E-state index in [-0.39, 0.29) is 17.6 Å². The third-order valence-electron chi connectivity index (χ3n) is 8.87. The van der Waals surface area contributed by atoms with Crippen LogP contribution in [0.3, 0.4) is 0 Å². The Bertz CT molecular complexity index is 2090. The second kappa shape index (κ2) is 16.5. The standard InChI is InChI=1S/C41H42N8O2/c42-26-31-9-11-32(12-10-31)28-49(35-8-4-21-45-27-35)41(51)34-18-19-37-36(25-34)47-38(20-15-29-13-16-33(17-14-29)40(43)44)48(37)23-5-22-46-39(50)24-30-6-2-1-3-7-30/h1-4,6-14,16-19,21,25,27H,5,15,20,22-24,26,28,42H2,(H3,43,44)(H,46,50). The van der Waals surface area contributed by atoms with Crippen molar-refractivity contribution in [1.82, 2.24) is 19.9 Å². The first-order valence-electron chi connectivity index (χ1n) is 17.1. The number of aromatic nitrogens is 3. The smallest absolute Gasteiger partial charge is 0.258 e. The summed E-state index contributed by atoms with van der Waals surface area (Å²) in [6, 6.07) is 34.7. The summed E-state index contributed by atoms with van der Waals surface area (Å²) in [5.74, 6) is 0.763. The Morgan fingerprint density at radius 2 is 1.53 bits per heavy atom. The molecule has 4 aromatic carbocycles. The van der Waals surface area contributed by atoms with E-state index in [1.165, 1.54) is 0 Å². The summed E-state index contributed by atoms with van der Waals surface area (Å²) in [6.07, 6.45) is 5.84. The van der Waals surface area contributed by atoms with Gasteiger partial charge in [0.1, 0.15) is 11.7 Å². The van der Waals surface area contributed by atoms with E-state index in [9.17, 15) is 9.59 Å². The van der Waals surface area contributed by atoms with Gasteiger partial charge in [0.25, 0.3) is 5.91 Å². The zero-order valence-electron chi connectivity index (χ0n) is 28.5. The van der Waals surface area contributed by atoms with Crippen molar-refractivity contribution >= 4 is 34.4 Å². The number of fused-ring (bicyclic) bond motifs is 1. The second-order valence-corrected chi connectivity index (χ2v) is 12.5. The Morgan fingerprint density at radius 3 is 2.24 bits per heavy atom. The summed E-state index contributed by atoms with van der Waals surface area (Å²) < 4.78 is 2.19. The average molecular weight is 679 g/mol. The van der Waals surface area contributed by atoms with E-state index in [4.69, 9.17) is 21.9 Å². The molecule has 10 heteroatoms. The van der Waals surface area contributed by atoms with Gasteiger partial charge in [-0.1, -0.05) is 78.9 Å². The number of benzene rings is 4. The average Bonchev–Trinajstić information content (AvgIpc) is 3.52. The lowest BCUT2D eigenvalue weighted by atomic mass is 10.1. The van der Waals surface area contributed by atoms with E-state index < -0.39 is 0 Å². The normalized spacial score (nSPS) is 11.0. The molecule has 0 saturated carbocycles. The van der Waals surface area contributed by atoms with Gasteiger partial charge in [-0.05, 0) is 65.4 Å². The summed E-state index contributed by atoms with van der Waals surface area (Å²) >= 11 is 0. The molecular weight excluding hydrogens is 637 g/mol. The molecule has 0 aliphatic carbocycles. The molecule has 0 spiro atoms. The summed E-state index contributed by atoms with van der Waals surface area (Å²) in [5.41, 5.74) is 19.1. The fourth-order valence-electron chi connectivity index (χ4n) is 6.08. The van der Waals surface area contributed by atoms with Gasteiger partial charge < -0.3 is 26.3 Å². The summed E-state index contributed by atoms with van der Waals surface area (Å²) in [6.45, 7) is 2.00. The molecule has 10 nitrogen and oxygen atoms in total. The third kappa shape index (κ3) is 8.92. The highest BCUT2D eigenvalue weighted by Gasteiger charge is 2.21. The highest BCUT2D eigenvalue weighted by Crippen LogP contribution is 2.24. The minimum atomic E-state index is -0.157. The Labute approximate surface area is 297 Å². The van der Waals surface area contributed by atoms with Crippen LogP contribution in [-0.2, 0) is 43.7 Å². The van der Waals surface area contributed by atoms with E-state index >= 15 is 0 Å². The van der Waals surface area contributed by atoms with Crippen molar-refractivity contribution in [1.29, 1.82) is 5.41 Å².